The SMILES string of the molecule is CCCCCCCCc1c2cc3ccccc3cc2cc2cc3ccccc3cc12. The fourth-order valence-electron chi connectivity index (χ4n) is 4.94. The molecule has 0 aliphatic carbocycles. The molecule has 0 aliphatic rings. The minimum atomic E-state index is 1.16. The fourth-order valence-corrected chi connectivity index (χ4v) is 4.94. The van der Waals surface area contributed by atoms with Crippen molar-refractivity contribution < 1.29 is 0 Å². The van der Waals surface area contributed by atoms with Crippen molar-refractivity contribution in [1.82, 2.24) is 0 Å². The maximum absolute atomic E-state index is 2.42. The largest absolute Gasteiger partial charge is 0.0654 e. The monoisotopic (exact) mass is 390 g/mol. The molecule has 0 N–H and O–H groups in total. The van der Waals surface area contributed by atoms with E-state index in [-0.39, 0.29) is 0 Å². The Morgan fingerprint density at radius 3 is 1.43 bits per heavy atom. The van der Waals surface area contributed by atoms with Crippen molar-refractivity contribution in [3.8, 4) is 0 Å². The van der Waals surface area contributed by atoms with Gasteiger partial charge in [0.1, 0.15) is 0 Å². The maximum atomic E-state index is 2.42. The second kappa shape index (κ2) is 8.48. The molecule has 0 amide bonds. The van der Waals surface area contributed by atoms with Crippen molar-refractivity contribution in [2.24, 2.45) is 0 Å². The molecule has 0 saturated heterocycles. The van der Waals surface area contributed by atoms with E-state index in [1.807, 2.05) is 0 Å². The lowest BCUT2D eigenvalue weighted by Gasteiger charge is -2.14. The summed E-state index contributed by atoms with van der Waals surface area (Å²) in [7, 11) is 0. The fraction of sp³-hybridized carbons (Fsp3) is 0.267. The normalized spacial score (nSPS) is 11.8. The summed E-state index contributed by atoms with van der Waals surface area (Å²) in [6.07, 6.45) is 9.20. The molecule has 30 heavy (non-hydrogen) atoms. The molecule has 0 heteroatoms. The number of unbranched alkanes of at least 4 members (excludes halogenated alkanes) is 5. The number of hydrogen-bond donors (Lipinski definition) is 0. The summed E-state index contributed by atoms with van der Waals surface area (Å²) >= 11 is 0. The predicted molar refractivity (Wildman–Crippen MR) is 134 cm³/mol. The number of aryl methyl sites for hydroxylation is 1. The zero-order valence-electron chi connectivity index (χ0n) is 18.0. The van der Waals surface area contributed by atoms with Gasteiger partial charge in [-0.15, -0.1) is 0 Å². The molecular weight excluding hydrogens is 360 g/mol. The Kier molecular flexibility index (Phi) is 5.41. The van der Waals surface area contributed by atoms with Gasteiger partial charge in [-0.3, -0.25) is 0 Å². The van der Waals surface area contributed by atoms with Gasteiger partial charge < -0.3 is 0 Å². The molecule has 5 aromatic rings. The van der Waals surface area contributed by atoms with Crippen LogP contribution in [0.3, 0.4) is 0 Å². The molecule has 0 radical (unpaired) electrons. The van der Waals surface area contributed by atoms with Crippen molar-refractivity contribution in [3.05, 3.63) is 84.4 Å². The lowest BCUT2D eigenvalue weighted by Crippen LogP contribution is -1.92. The maximum Gasteiger partial charge on any atom is -0.0139 e. The number of benzene rings is 5. The standard InChI is InChI=1S/C30H30/c1-2-3-4-5-6-7-16-28-29-20-24-14-10-8-12-22(24)17-26(29)19-27-18-23-13-9-11-15-25(23)21-30(27)28/h8-15,17-21H,2-7,16H2,1H3. The molecule has 0 heterocycles. The Balaban J connectivity index is 1.65. The molecule has 5 aromatic carbocycles. The molecule has 0 bridgehead atoms. The van der Waals surface area contributed by atoms with Crippen LogP contribution in [0.25, 0.3) is 43.1 Å². The van der Waals surface area contributed by atoms with Crippen LogP contribution < -0.4 is 0 Å². The van der Waals surface area contributed by atoms with Crippen molar-refractivity contribution >= 4 is 43.1 Å². The molecule has 0 unspecified atom stereocenters. The van der Waals surface area contributed by atoms with Crippen molar-refractivity contribution in [1.29, 1.82) is 0 Å². The van der Waals surface area contributed by atoms with Gasteiger partial charge in [-0.05, 0) is 91.8 Å². The summed E-state index contributed by atoms with van der Waals surface area (Å²) in [6, 6.07) is 29.5. The zero-order valence-corrected chi connectivity index (χ0v) is 18.0. The third-order valence-corrected chi connectivity index (χ3v) is 6.58. The van der Waals surface area contributed by atoms with E-state index in [0.717, 1.165) is 6.42 Å². The molecule has 0 aromatic heterocycles. The summed E-state index contributed by atoms with van der Waals surface area (Å²) in [4.78, 5) is 0. The lowest BCUT2D eigenvalue weighted by atomic mass is 9.90. The second-order valence-corrected chi connectivity index (χ2v) is 8.71. The van der Waals surface area contributed by atoms with Crippen LogP contribution >= 0.6 is 0 Å². The van der Waals surface area contributed by atoms with Gasteiger partial charge in [0.05, 0.1) is 0 Å². The van der Waals surface area contributed by atoms with Gasteiger partial charge >= 0.3 is 0 Å². The Bertz CT molecular complexity index is 1230. The van der Waals surface area contributed by atoms with Gasteiger partial charge in [0, 0.05) is 0 Å². The summed E-state index contributed by atoms with van der Waals surface area (Å²) in [5.41, 5.74) is 1.54. The minimum Gasteiger partial charge on any atom is -0.0654 e. The third-order valence-electron chi connectivity index (χ3n) is 6.58. The van der Waals surface area contributed by atoms with Crippen LogP contribution in [0.15, 0.2) is 78.9 Å². The van der Waals surface area contributed by atoms with Gasteiger partial charge in [0.15, 0.2) is 0 Å². The van der Waals surface area contributed by atoms with E-state index >= 15 is 0 Å². The molecule has 0 aliphatic heterocycles. The average molecular weight is 391 g/mol. The first kappa shape index (κ1) is 19.1. The second-order valence-electron chi connectivity index (χ2n) is 8.71. The van der Waals surface area contributed by atoms with E-state index in [9.17, 15) is 0 Å². The third kappa shape index (κ3) is 3.67. The predicted octanol–water partition coefficient (Wildman–Crippen LogP) is 9.20. The van der Waals surface area contributed by atoms with Crippen LogP contribution in [-0.4, -0.2) is 0 Å². The van der Waals surface area contributed by atoms with Gasteiger partial charge in [-0.2, -0.15) is 0 Å². The van der Waals surface area contributed by atoms with Crippen LogP contribution in [0.4, 0.5) is 0 Å². The number of hydrogen-bond acceptors (Lipinski definition) is 0. The molecule has 0 fully saturated rings. The van der Waals surface area contributed by atoms with Crippen LogP contribution in [0.1, 0.15) is 51.0 Å². The van der Waals surface area contributed by atoms with E-state index in [4.69, 9.17) is 0 Å². The Hall–Kier alpha value is -2.86. The van der Waals surface area contributed by atoms with E-state index in [1.54, 1.807) is 0 Å². The highest BCUT2D eigenvalue weighted by molar-refractivity contribution is 6.10. The quantitative estimate of drug-likeness (QED) is 0.192. The first-order valence-corrected chi connectivity index (χ1v) is 11.6. The molecule has 0 saturated carbocycles. The first-order valence-electron chi connectivity index (χ1n) is 11.6. The van der Waals surface area contributed by atoms with E-state index in [0.29, 0.717) is 0 Å². The van der Waals surface area contributed by atoms with Crippen molar-refractivity contribution in [3.63, 3.8) is 0 Å². The number of rotatable bonds is 7. The summed E-state index contributed by atoms with van der Waals surface area (Å²) in [5.74, 6) is 0. The topological polar surface area (TPSA) is 0 Å². The molecule has 0 nitrogen and oxygen atoms in total. The molecule has 5 rings (SSSR count). The summed E-state index contributed by atoms with van der Waals surface area (Å²) < 4.78 is 0. The first-order chi connectivity index (χ1) is 14.8. The minimum absolute atomic E-state index is 1.16. The van der Waals surface area contributed by atoms with E-state index in [2.05, 4.69) is 85.8 Å². The van der Waals surface area contributed by atoms with Crippen molar-refractivity contribution in [2.75, 3.05) is 0 Å². The summed E-state index contributed by atoms with van der Waals surface area (Å²) in [6.45, 7) is 2.29. The van der Waals surface area contributed by atoms with Crippen LogP contribution in [0, 0.1) is 0 Å². The Morgan fingerprint density at radius 2 is 0.900 bits per heavy atom. The Morgan fingerprint density at radius 1 is 0.467 bits per heavy atom. The van der Waals surface area contributed by atoms with Crippen LogP contribution in [-0.2, 0) is 6.42 Å². The molecule has 150 valence electrons. The summed E-state index contributed by atoms with van der Waals surface area (Å²) in [5, 5.41) is 11.0. The van der Waals surface area contributed by atoms with Gasteiger partial charge in [0.25, 0.3) is 0 Å². The van der Waals surface area contributed by atoms with Gasteiger partial charge in [0.2, 0.25) is 0 Å². The molecule has 0 spiro atoms. The lowest BCUT2D eigenvalue weighted by molar-refractivity contribution is 0.609. The zero-order chi connectivity index (χ0) is 20.3. The number of fused-ring (bicyclic) bond motifs is 4. The van der Waals surface area contributed by atoms with Crippen molar-refractivity contribution in [2.45, 2.75) is 51.9 Å². The highest BCUT2D eigenvalue weighted by atomic mass is 14.1. The molecular formula is C30H30. The Labute approximate surface area is 179 Å². The van der Waals surface area contributed by atoms with Gasteiger partial charge in [-0.1, -0.05) is 87.6 Å². The average Bonchev–Trinajstić information content (AvgIpc) is 2.78. The highest BCUT2D eigenvalue weighted by Crippen LogP contribution is 2.35. The van der Waals surface area contributed by atoms with Gasteiger partial charge in [-0.25, -0.2) is 0 Å². The van der Waals surface area contributed by atoms with Crippen LogP contribution in [0.5, 0.6) is 0 Å². The van der Waals surface area contributed by atoms with Crippen LogP contribution in [0.2, 0.25) is 0 Å². The highest BCUT2D eigenvalue weighted by Gasteiger charge is 2.10. The van der Waals surface area contributed by atoms with E-state index in [1.165, 1.54) is 87.2 Å². The van der Waals surface area contributed by atoms with E-state index < -0.39 is 0 Å². The molecule has 0 atom stereocenters. The smallest absolute Gasteiger partial charge is 0.0139 e.